The molecule has 0 radical (unpaired) electrons. The van der Waals surface area contributed by atoms with E-state index < -0.39 is 10.5 Å². The molecule has 5 nitrogen and oxygen atoms in total. The lowest BCUT2D eigenvalue weighted by Gasteiger charge is -2.46. The molecule has 6 heteroatoms. The quantitative estimate of drug-likeness (QED) is 0.667. The van der Waals surface area contributed by atoms with E-state index in [9.17, 15) is 15.2 Å². The number of benzene rings is 1. The smallest absolute Gasteiger partial charge is 0.275 e. The Morgan fingerprint density at radius 2 is 2.21 bits per heavy atom. The van der Waals surface area contributed by atoms with Crippen molar-refractivity contribution in [1.29, 1.82) is 0 Å². The molecule has 0 aromatic heterocycles. The fourth-order valence-corrected chi connectivity index (χ4v) is 2.77. The molecule has 2 rings (SSSR count). The van der Waals surface area contributed by atoms with E-state index in [1.54, 1.807) is 12.1 Å². The molecule has 104 valence electrons. The summed E-state index contributed by atoms with van der Waals surface area (Å²) in [6, 6.07) is 4.70. The van der Waals surface area contributed by atoms with E-state index >= 15 is 0 Å². The second kappa shape index (κ2) is 5.45. The maximum Gasteiger partial charge on any atom is 0.275 e. The van der Waals surface area contributed by atoms with Crippen molar-refractivity contribution in [1.82, 2.24) is 4.90 Å². The van der Waals surface area contributed by atoms with Crippen molar-refractivity contribution in [3.8, 4) is 0 Å². The topological polar surface area (TPSA) is 66.6 Å². The van der Waals surface area contributed by atoms with E-state index in [-0.39, 0.29) is 5.69 Å². The summed E-state index contributed by atoms with van der Waals surface area (Å²) in [7, 11) is 0. The molecule has 1 aromatic rings. The average Bonchev–Trinajstić information content (AvgIpc) is 2.29. The fraction of sp³-hybridized carbons (Fsp3) is 0.538. The highest BCUT2D eigenvalue weighted by molar-refractivity contribution is 6.30. The van der Waals surface area contributed by atoms with Gasteiger partial charge in [-0.05, 0) is 18.6 Å². The lowest BCUT2D eigenvalue weighted by molar-refractivity contribution is -0.385. The van der Waals surface area contributed by atoms with Crippen LogP contribution in [-0.2, 0) is 6.54 Å². The zero-order valence-corrected chi connectivity index (χ0v) is 11.6. The molecule has 19 heavy (non-hydrogen) atoms. The van der Waals surface area contributed by atoms with E-state index in [1.165, 1.54) is 6.07 Å². The maximum absolute atomic E-state index is 11.0. The molecule has 1 saturated heterocycles. The zero-order valence-electron chi connectivity index (χ0n) is 10.8. The zero-order chi connectivity index (χ0) is 14.0. The third kappa shape index (κ3) is 3.23. The van der Waals surface area contributed by atoms with Gasteiger partial charge in [0.25, 0.3) is 5.69 Å². The largest absolute Gasteiger partial charge is 0.387 e. The van der Waals surface area contributed by atoms with Gasteiger partial charge in [-0.1, -0.05) is 24.9 Å². The molecular formula is C13H17ClN2O3. The summed E-state index contributed by atoms with van der Waals surface area (Å²) in [4.78, 5) is 12.6. The number of rotatable bonds is 5. The Morgan fingerprint density at radius 1 is 1.53 bits per heavy atom. The SMILES string of the molecule is CCCC1(O)CN(Cc2ccc(Cl)cc2[N+](=O)[O-])C1. The molecule has 1 aliphatic rings. The van der Waals surface area contributed by atoms with Crippen LogP contribution >= 0.6 is 11.6 Å². The van der Waals surface area contributed by atoms with Crippen molar-refractivity contribution < 1.29 is 10.0 Å². The first-order chi connectivity index (χ1) is 8.93. The number of β-amino-alcohol motifs (C(OH)–C–C–N with tert-alkyl or cyclic N) is 1. The first kappa shape index (κ1) is 14.2. The van der Waals surface area contributed by atoms with E-state index in [0.29, 0.717) is 30.2 Å². The molecule has 1 heterocycles. The first-order valence-corrected chi connectivity index (χ1v) is 6.69. The number of nitro groups is 1. The van der Waals surface area contributed by atoms with Crippen molar-refractivity contribution in [3.63, 3.8) is 0 Å². The minimum Gasteiger partial charge on any atom is -0.387 e. The van der Waals surface area contributed by atoms with Crippen LogP contribution in [0.4, 0.5) is 5.69 Å². The minimum atomic E-state index is -0.615. The minimum absolute atomic E-state index is 0.0402. The van der Waals surface area contributed by atoms with E-state index in [1.807, 2.05) is 11.8 Å². The molecule has 0 amide bonds. The van der Waals surface area contributed by atoms with Gasteiger partial charge in [0.2, 0.25) is 0 Å². The van der Waals surface area contributed by atoms with Crippen molar-refractivity contribution in [2.24, 2.45) is 0 Å². The Kier molecular flexibility index (Phi) is 4.08. The molecular weight excluding hydrogens is 268 g/mol. The molecule has 0 atom stereocenters. The number of hydrogen-bond acceptors (Lipinski definition) is 4. The van der Waals surface area contributed by atoms with Crippen molar-refractivity contribution in [2.75, 3.05) is 13.1 Å². The highest BCUT2D eigenvalue weighted by Gasteiger charge is 2.40. The van der Waals surface area contributed by atoms with Crippen LogP contribution in [0.2, 0.25) is 5.02 Å². The summed E-state index contributed by atoms with van der Waals surface area (Å²) in [5.74, 6) is 0. The number of nitrogens with zero attached hydrogens (tertiary/aromatic N) is 2. The highest BCUT2D eigenvalue weighted by atomic mass is 35.5. The molecule has 0 unspecified atom stereocenters. The van der Waals surface area contributed by atoms with E-state index in [2.05, 4.69) is 0 Å². The third-order valence-corrected chi connectivity index (χ3v) is 3.62. The molecule has 1 fully saturated rings. The molecule has 1 aliphatic heterocycles. The summed E-state index contributed by atoms with van der Waals surface area (Å²) < 4.78 is 0. The Bertz CT molecular complexity index is 487. The summed E-state index contributed by atoms with van der Waals surface area (Å²) in [6.07, 6.45) is 1.71. The van der Waals surface area contributed by atoms with Crippen LogP contribution in [0.25, 0.3) is 0 Å². The number of hydrogen-bond donors (Lipinski definition) is 1. The molecule has 1 aromatic carbocycles. The summed E-state index contributed by atoms with van der Waals surface area (Å²) >= 11 is 5.77. The van der Waals surface area contributed by atoms with Crippen LogP contribution in [0, 0.1) is 10.1 Å². The number of likely N-dealkylation sites (tertiary alicyclic amines) is 1. The molecule has 0 aliphatic carbocycles. The van der Waals surface area contributed by atoms with Gasteiger partial charge in [0.1, 0.15) is 0 Å². The predicted octanol–water partition coefficient (Wildman–Crippen LogP) is 2.60. The fourth-order valence-electron chi connectivity index (χ4n) is 2.60. The van der Waals surface area contributed by atoms with Crippen LogP contribution in [0.3, 0.4) is 0 Å². The Labute approximate surface area is 116 Å². The lowest BCUT2D eigenvalue weighted by Crippen LogP contribution is -2.60. The second-order valence-corrected chi connectivity index (χ2v) is 5.59. The maximum atomic E-state index is 11.0. The summed E-state index contributed by atoms with van der Waals surface area (Å²) in [5.41, 5.74) is 0.0575. The molecule has 0 spiro atoms. The lowest BCUT2D eigenvalue weighted by atomic mass is 9.89. The van der Waals surface area contributed by atoms with Crippen molar-refractivity contribution >= 4 is 17.3 Å². The normalized spacial score (nSPS) is 18.1. The van der Waals surface area contributed by atoms with Gasteiger partial charge in [0.15, 0.2) is 0 Å². The number of halogens is 1. The second-order valence-electron chi connectivity index (χ2n) is 5.15. The first-order valence-electron chi connectivity index (χ1n) is 6.31. The Balaban J connectivity index is 2.04. The summed E-state index contributed by atoms with van der Waals surface area (Å²) in [5, 5.41) is 21.4. The number of nitro benzene ring substituents is 1. The molecule has 0 saturated carbocycles. The van der Waals surface area contributed by atoms with Gasteiger partial charge in [0, 0.05) is 36.3 Å². The van der Waals surface area contributed by atoms with Gasteiger partial charge in [-0.25, -0.2) is 0 Å². The van der Waals surface area contributed by atoms with Crippen LogP contribution < -0.4 is 0 Å². The van der Waals surface area contributed by atoms with Crippen molar-refractivity contribution in [3.05, 3.63) is 38.9 Å². The average molecular weight is 285 g/mol. The monoisotopic (exact) mass is 284 g/mol. The standard InChI is InChI=1S/C13H17ClN2O3/c1-2-5-13(17)8-15(9-13)7-10-3-4-11(14)6-12(10)16(18)19/h3-4,6,17H,2,5,7-9H2,1H3. The van der Waals surface area contributed by atoms with Crippen molar-refractivity contribution in [2.45, 2.75) is 31.9 Å². The predicted molar refractivity (Wildman–Crippen MR) is 73.2 cm³/mol. The van der Waals surface area contributed by atoms with E-state index in [4.69, 9.17) is 11.6 Å². The third-order valence-electron chi connectivity index (χ3n) is 3.39. The van der Waals surface area contributed by atoms with Gasteiger partial charge in [-0.15, -0.1) is 0 Å². The number of aliphatic hydroxyl groups is 1. The highest BCUT2D eigenvalue weighted by Crippen LogP contribution is 2.30. The van der Waals surface area contributed by atoms with Crippen LogP contribution in [0.1, 0.15) is 25.3 Å². The molecule has 1 N–H and O–H groups in total. The van der Waals surface area contributed by atoms with Crippen LogP contribution in [-0.4, -0.2) is 33.6 Å². The van der Waals surface area contributed by atoms with Gasteiger partial charge < -0.3 is 5.11 Å². The van der Waals surface area contributed by atoms with Gasteiger partial charge in [-0.3, -0.25) is 15.0 Å². The van der Waals surface area contributed by atoms with E-state index in [0.717, 1.165) is 12.8 Å². The summed E-state index contributed by atoms with van der Waals surface area (Å²) in [6.45, 7) is 3.64. The Morgan fingerprint density at radius 3 is 2.79 bits per heavy atom. The van der Waals surface area contributed by atoms with Crippen LogP contribution in [0.15, 0.2) is 18.2 Å². The molecule has 0 bridgehead atoms. The van der Waals surface area contributed by atoms with Gasteiger partial charge in [-0.2, -0.15) is 0 Å². The Hall–Kier alpha value is -1.17. The van der Waals surface area contributed by atoms with Crippen LogP contribution in [0.5, 0.6) is 0 Å². The van der Waals surface area contributed by atoms with Gasteiger partial charge in [0.05, 0.1) is 10.5 Å². The van der Waals surface area contributed by atoms with Gasteiger partial charge >= 0.3 is 0 Å².